The Morgan fingerprint density at radius 2 is 1.93 bits per heavy atom. The monoisotopic (exact) mass is 366 g/mol. The predicted molar refractivity (Wildman–Crippen MR) is 107 cm³/mol. The molecular weight excluding hydrogens is 340 g/mol. The first-order chi connectivity index (χ1) is 13.1. The fourth-order valence-electron chi connectivity index (χ4n) is 3.15. The van der Waals surface area contributed by atoms with Gasteiger partial charge >= 0.3 is 6.09 Å². The highest BCUT2D eigenvalue weighted by Crippen LogP contribution is 2.25. The molecule has 142 valence electrons. The number of alkyl carbamates (subject to hydrolysis) is 1. The zero-order valence-electron chi connectivity index (χ0n) is 16.1. The topological polar surface area (TPSA) is 52.5 Å². The number of aryl methyl sites for hydroxylation is 1. The van der Waals surface area contributed by atoms with Crippen LogP contribution in [-0.4, -0.2) is 23.3 Å². The summed E-state index contributed by atoms with van der Waals surface area (Å²) in [6.07, 6.45) is 0.352. The molecule has 0 aliphatic rings. The molecule has 0 fully saturated rings. The van der Waals surface area contributed by atoms with Crippen molar-refractivity contribution in [1.82, 2.24) is 9.88 Å². The summed E-state index contributed by atoms with van der Waals surface area (Å²) in [7, 11) is 2.04. The second-order valence-electron chi connectivity index (χ2n) is 6.66. The SMILES string of the molecule is CCOC(=O)NC(C)Cc1cc2cc(OCc3ccccc3)ccc2n1C. The van der Waals surface area contributed by atoms with Gasteiger partial charge in [-0.25, -0.2) is 4.79 Å². The average molecular weight is 366 g/mol. The molecule has 0 saturated carbocycles. The van der Waals surface area contributed by atoms with Crippen LogP contribution in [0.5, 0.6) is 5.75 Å². The third-order valence-corrected chi connectivity index (χ3v) is 4.52. The van der Waals surface area contributed by atoms with Crippen molar-refractivity contribution >= 4 is 17.0 Å². The van der Waals surface area contributed by atoms with E-state index in [1.54, 1.807) is 6.92 Å². The number of fused-ring (bicyclic) bond motifs is 1. The molecule has 1 unspecified atom stereocenters. The van der Waals surface area contributed by atoms with Crippen LogP contribution >= 0.6 is 0 Å². The van der Waals surface area contributed by atoms with E-state index in [2.05, 4.69) is 40.2 Å². The Kier molecular flexibility index (Phi) is 6.01. The zero-order valence-corrected chi connectivity index (χ0v) is 16.1. The van der Waals surface area contributed by atoms with E-state index in [1.165, 1.54) is 0 Å². The minimum Gasteiger partial charge on any atom is -0.489 e. The Balaban J connectivity index is 1.69. The van der Waals surface area contributed by atoms with E-state index in [9.17, 15) is 4.79 Å². The number of hydrogen-bond acceptors (Lipinski definition) is 3. The van der Waals surface area contributed by atoms with Gasteiger partial charge in [0.05, 0.1) is 6.61 Å². The largest absolute Gasteiger partial charge is 0.489 e. The van der Waals surface area contributed by atoms with E-state index in [1.807, 2.05) is 38.2 Å². The quantitative estimate of drug-likeness (QED) is 0.673. The van der Waals surface area contributed by atoms with Crippen LogP contribution in [0, 0.1) is 0 Å². The van der Waals surface area contributed by atoms with E-state index >= 15 is 0 Å². The minimum atomic E-state index is -0.375. The summed E-state index contributed by atoms with van der Waals surface area (Å²) in [5, 5.41) is 3.98. The van der Waals surface area contributed by atoms with Crippen LogP contribution in [0.25, 0.3) is 10.9 Å². The molecule has 1 heterocycles. The number of rotatable bonds is 7. The van der Waals surface area contributed by atoms with E-state index in [-0.39, 0.29) is 12.1 Å². The maximum absolute atomic E-state index is 11.6. The molecule has 1 N–H and O–H groups in total. The number of amides is 1. The molecule has 0 bridgehead atoms. The highest BCUT2D eigenvalue weighted by molar-refractivity contribution is 5.83. The van der Waals surface area contributed by atoms with Crippen LogP contribution in [0.15, 0.2) is 54.6 Å². The van der Waals surface area contributed by atoms with Gasteiger partial charge in [0.25, 0.3) is 0 Å². The lowest BCUT2D eigenvalue weighted by Gasteiger charge is -2.14. The highest BCUT2D eigenvalue weighted by atomic mass is 16.5. The number of nitrogens with zero attached hydrogens (tertiary/aromatic N) is 1. The molecule has 1 atom stereocenters. The Morgan fingerprint density at radius 1 is 1.15 bits per heavy atom. The molecule has 3 rings (SSSR count). The van der Waals surface area contributed by atoms with Gasteiger partial charge in [-0.3, -0.25) is 0 Å². The predicted octanol–water partition coefficient (Wildman–Crippen LogP) is 4.43. The first-order valence-corrected chi connectivity index (χ1v) is 9.25. The summed E-state index contributed by atoms with van der Waals surface area (Å²) in [6, 6.07) is 18.4. The van der Waals surface area contributed by atoms with Crippen LogP contribution in [-0.2, 0) is 24.8 Å². The number of carbonyl (C=O) groups is 1. The molecule has 2 aromatic carbocycles. The fourth-order valence-corrected chi connectivity index (χ4v) is 3.15. The van der Waals surface area contributed by atoms with Crippen LogP contribution in [0.1, 0.15) is 25.1 Å². The van der Waals surface area contributed by atoms with Crippen molar-refractivity contribution in [2.24, 2.45) is 7.05 Å². The Morgan fingerprint density at radius 3 is 2.67 bits per heavy atom. The van der Waals surface area contributed by atoms with Crippen molar-refractivity contribution in [3.63, 3.8) is 0 Å². The molecule has 0 spiro atoms. The van der Waals surface area contributed by atoms with Gasteiger partial charge in [0.2, 0.25) is 0 Å². The molecule has 0 saturated heterocycles. The van der Waals surface area contributed by atoms with Gasteiger partial charge < -0.3 is 19.4 Å². The average Bonchev–Trinajstić information content (AvgIpc) is 2.96. The molecule has 0 aliphatic heterocycles. The molecule has 0 radical (unpaired) electrons. The summed E-state index contributed by atoms with van der Waals surface area (Å²) >= 11 is 0. The molecule has 5 heteroatoms. The number of benzene rings is 2. The molecule has 1 amide bonds. The summed E-state index contributed by atoms with van der Waals surface area (Å²) in [5.74, 6) is 0.848. The fraction of sp³-hybridized carbons (Fsp3) is 0.318. The molecule has 1 aromatic heterocycles. The lowest BCUT2D eigenvalue weighted by Crippen LogP contribution is -2.34. The standard InChI is InChI=1S/C22H26N2O3/c1-4-26-22(25)23-16(2)12-19-13-18-14-20(10-11-21(18)24(19)3)27-15-17-8-6-5-7-9-17/h5-11,13-14,16H,4,12,15H2,1-3H3,(H,23,25). The lowest BCUT2D eigenvalue weighted by atomic mass is 10.1. The van der Waals surface area contributed by atoms with Crippen molar-refractivity contribution in [3.8, 4) is 5.75 Å². The number of hydrogen-bond donors (Lipinski definition) is 1. The third-order valence-electron chi connectivity index (χ3n) is 4.52. The second-order valence-corrected chi connectivity index (χ2v) is 6.66. The van der Waals surface area contributed by atoms with E-state index in [0.717, 1.165) is 34.3 Å². The van der Waals surface area contributed by atoms with Gasteiger partial charge in [-0.1, -0.05) is 30.3 Å². The van der Waals surface area contributed by atoms with E-state index in [0.29, 0.717) is 13.2 Å². The maximum Gasteiger partial charge on any atom is 0.407 e. The Bertz CT molecular complexity index is 903. The van der Waals surface area contributed by atoms with E-state index < -0.39 is 0 Å². The zero-order chi connectivity index (χ0) is 19.2. The van der Waals surface area contributed by atoms with Crippen LogP contribution in [0.3, 0.4) is 0 Å². The maximum atomic E-state index is 11.6. The van der Waals surface area contributed by atoms with Crippen LogP contribution in [0.2, 0.25) is 0 Å². The number of nitrogens with one attached hydrogen (secondary N) is 1. The Labute approximate surface area is 159 Å². The highest BCUT2D eigenvalue weighted by Gasteiger charge is 2.13. The number of ether oxygens (including phenoxy) is 2. The molecule has 3 aromatic rings. The van der Waals surface area contributed by atoms with Gasteiger partial charge in [0.1, 0.15) is 12.4 Å². The van der Waals surface area contributed by atoms with Gasteiger partial charge in [-0.15, -0.1) is 0 Å². The molecule has 0 aliphatic carbocycles. The number of carbonyl (C=O) groups excluding carboxylic acids is 1. The first kappa shape index (κ1) is 18.8. The van der Waals surface area contributed by atoms with Gasteiger partial charge in [-0.2, -0.15) is 0 Å². The second kappa shape index (κ2) is 8.62. The van der Waals surface area contributed by atoms with Crippen LogP contribution in [0.4, 0.5) is 4.79 Å². The van der Waals surface area contributed by atoms with Crippen molar-refractivity contribution < 1.29 is 14.3 Å². The first-order valence-electron chi connectivity index (χ1n) is 9.25. The van der Waals surface area contributed by atoms with Crippen molar-refractivity contribution in [2.75, 3.05) is 6.61 Å². The summed E-state index contributed by atoms with van der Waals surface area (Å²) in [4.78, 5) is 11.6. The lowest BCUT2D eigenvalue weighted by molar-refractivity contribution is 0.148. The van der Waals surface area contributed by atoms with Crippen LogP contribution < -0.4 is 10.1 Å². The Hall–Kier alpha value is -2.95. The summed E-state index contributed by atoms with van der Waals surface area (Å²) < 4.78 is 13.0. The smallest absolute Gasteiger partial charge is 0.407 e. The normalized spacial score (nSPS) is 12.0. The minimum absolute atomic E-state index is 0.0131. The molecular formula is C22H26N2O3. The van der Waals surface area contributed by atoms with Gasteiger partial charge in [0, 0.05) is 36.1 Å². The van der Waals surface area contributed by atoms with Crippen molar-refractivity contribution in [2.45, 2.75) is 32.9 Å². The van der Waals surface area contributed by atoms with Gasteiger partial charge in [0.15, 0.2) is 0 Å². The summed E-state index contributed by atoms with van der Waals surface area (Å²) in [6.45, 7) is 4.69. The van der Waals surface area contributed by atoms with Crippen molar-refractivity contribution in [1.29, 1.82) is 0 Å². The molecule has 27 heavy (non-hydrogen) atoms. The van der Waals surface area contributed by atoms with E-state index in [4.69, 9.17) is 9.47 Å². The van der Waals surface area contributed by atoms with Gasteiger partial charge in [-0.05, 0) is 43.7 Å². The number of aromatic nitrogens is 1. The van der Waals surface area contributed by atoms with Crippen molar-refractivity contribution in [3.05, 3.63) is 65.9 Å². The third kappa shape index (κ3) is 4.82. The summed E-state index contributed by atoms with van der Waals surface area (Å²) in [5.41, 5.74) is 3.43. The molecule has 5 nitrogen and oxygen atoms in total.